The van der Waals surface area contributed by atoms with E-state index in [0.717, 1.165) is 24.3 Å². The summed E-state index contributed by atoms with van der Waals surface area (Å²) in [6, 6.07) is 12.2. The van der Waals surface area contributed by atoms with Gasteiger partial charge in [-0.3, -0.25) is 4.79 Å². The number of fused-ring (bicyclic) bond motifs is 1. The topological polar surface area (TPSA) is 61.4 Å². The largest absolute Gasteiger partial charge is 0.384 e. The molecule has 6 heteroatoms. The van der Waals surface area contributed by atoms with Gasteiger partial charge in [-0.25, -0.2) is 14.1 Å². The van der Waals surface area contributed by atoms with E-state index in [1.807, 2.05) is 6.07 Å². The van der Waals surface area contributed by atoms with Crippen LogP contribution in [0.2, 0.25) is 0 Å². The summed E-state index contributed by atoms with van der Waals surface area (Å²) in [5.41, 5.74) is 3.41. The van der Waals surface area contributed by atoms with Crippen LogP contribution in [0.5, 0.6) is 0 Å². The minimum absolute atomic E-state index is 0.0168. The SMILES string of the molecule is O=C1CNC(=O)N1c1cc(NCC2CCc3ccccc32)ccc1F. The number of nitrogens with one attached hydrogen (secondary N) is 2. The van der Waals surface area contributed by atoms with Crippen molar-refractivity contribution < 1.29 is 14.0 Å². The number of urea groups is 1. The van der Waals surface area contributed by atoms with E-state index in [0.29, 0.717) is 11.6 Å². The van der Waals surface area contributed by atoms with Crippen molar-refractivity contribution >= 4 is 23.3 Å². The number of anilines is 2. The van der Waals surface area contributed by atoms with Gasteiger partial charge in [0.15, 0.2) is 0 Å². The van der Waals surface area contributed by atoms with Crippen molar-refractivity contribution in [1.82, 2.24) is 5.32 Å². The molecule has 2 aromatic carbocycles. The van der Waals surface area contributed by atoms with Gasteiger partial charge in [0.1, 0.15) is 5.82 Å². The van der Waals surface area contributed by atoms with Crippen molar-refractivity contribution in [2.75, 3.05) is 23.3 Å². The first-order valence-corrected chi connectivity index (χ1v) is 8.35. The van der Waals surface area contributed by atoms with E-state index < -0.39 is 17.8 Å². The van der Waals surface area contributed by atoms with E-state index in [1.54, 1.807) is 6.07 Å². The van der Waals surface area contributed by atoms with Crippen LogP contribution in [0.1, 0.15) is 23.5 Å². The molecule has 1 atom stereocenters. The molecule has 128 valence electrons. The summed E-state index contributed by atoms with van der Waals surface area (Å²) in [5.74, 6) is -0.644. The number of rotatable bonds is 4. The minimum atomic E-state index is -0.595. The molecular weight excluding hydrogens is 321 g/mol. The lowest BCUT2D eigenvalue weighted by atomic mass is 10.0. The number of nitrogens with zero attached hydrogens (tertiary/aromatic N) is 1. The second kappa shape index (κ2) is 6.20. The van der Waals surface area contributed by atoms with E-state index in [9.17, 15) is 14.0 Å². The van der Waals surface area contributed by atoms with Gasteiger partial charge in [-0.05, 0) is 42.2 Å². The summed E-state index contributed by atoms with van der Waals surface area (Å²) >= 11 is 0. The van der Waals surface area contributed by atoms with Crippen LogP contribution in [0.15, 0.2) is 42.5 Å². The molecular formula is C19H18FN3O2. The average Bonchev–Trinajstić information content (AvgIpc) is 3.18. The summed E-state index contributed by atoms with van der Waals surface area (Å²) in [4.78, 5) is 24.4. The van der Waals surface area contributed by atoms with E-state index in [-0.39, 0.29) is 12.2 Å². The van der Waals surface area contributed by atoms with E-state index in [2.05, 4.69) is 28.8 Å². The molecule has 0 radical (unpaired) electrons. The zero-order valence-corrected chi connectivity index (χ0v) is 13.6. The fourth-order valence-electron chi connectivity index (χ4n) is 3.56. The maximum absolute atomic E-state index is 14.1. The smallest absolute Gasteiger partial charge is 0.329 e. The highest BCUT2D eigenvalue weighted by atomic mass is 19.1. The Balaban J connectivity index is 1.52. The molecule has 1 heterocycles. The van der Waals surface area contributed by atoms with Crippen molar-refractivity contribution in [3.8, 4) is 0 Å². The first kappa shape index (κ1) is 15.6. The maximum Gasteiger partial charge on any atom is 0.329 e. The molecule has 1 aliphatic heterocycles. The summed E-state index contributed by atoms with van der Waals surface area (Å²) < 4.78 is 14.1. The van der Waals surface area contributed by atoms with E-state index in [4.69, 9.17) is 0 Å². The highest BCUT2D eigenvalue weighted by molar-refractivity contribution is 6.20. The minimum Gasteiger partial charge on any atom is -0.384 e. The zero-order valence-electron chi connectivity index (χ0n) is 13.6. The zero-order chi connectivity index (χ0) is 17.4. The van der Waals surface area contributed by atoms with Crippen LogP contribution in [0, 0.1) is 5.82 Å². The van der Waals surface area contributed by atoms with Crippen molar-refractivity contribution in [3.63, 3.8) is 0 Å². The molecule has 0 saturated carbocycles. The second-order valence-corrected chi connectivity index (χ2v) is 6.37. The maximum atomic E-state index is 14.1. The highest BCUT2D eigenvalue weighted by Crippen LogP contribution is 2.33. The van der Waals surface area contributed by atoms with Crippen LogP contribution in [0.4, 0.5) is 20.6 Å². The fraction of sp³-hybridized carbons (Fsp3) is 0.263. The molecule has 1 unspecified atom stereocenters. The second-order valence-electron chi connectivity index (χ2n) is 6.37. The van der Waals surface area contributed by atoms with Gasteiger partial charge in [0, 0.05) is 18.2 Å². The van der Waals surface area contributed by atoms with Gasteiger partial charge in [0.05, 0.1) is 12.2 Å². The predicted molar refractivity (Wildman–Crippen MR) is 93.3 cm³/mol. The lowest BCUT2D eigenvalue weighted by Crippen LogP contribution is -2.31. The Morgan fingerprint density at radius 1 is 1.20 bits per heavy atom. The van der Waals surface area contributed by atoms with Crippen LogP contribution in [-0.2, 0) is 11.2 Å². The molecule has 25 heavy (non-hydrogen) atoms. The number of hydrogen-bond acceptors (Lipinski definition) is 3. The highest BCUT2D eigenvalue weighted by Gasteiger charge is 2.32. The van der Waals surface area contributed by atoms with Crippen molar-refractivity contribution in [1.29, 1.82) is 0 Å². The number of carbonyl (C=O) groups is 2. The molecule has 2 N–H and O–H groups in total. The van der Waals surface area contributed by atoms with Gasteiger partial charge in [-0.2, -0.15) is 0 Å². The summed E-state index contributed by atoms with van der Waals surface area (Å²) in [5, 5.41) is 5.71. The molecule has 3 amide bonds. The Labute approximate surface area is 144 Å². The number of benzene rings is 2. The summed E-state index contributed by atoms with van der Waals surface area (Å²) in [6.45, 7) is 0.622. The van der Waals surface area contributed by atoms with Crippen LogP contribution in [0.3, 0.4) is 0 Å². The third kappa shape index (κ3) is 2.84. The van der Waals surface area contributed by atoms with Crippen LogP contribution in [0.25, 0.3) is 0 Å². The van der Waals surface area contributed by atoms with Crippen molar-refractivity contribution in [2.24, 2.45) is 0 Å². The normalized spacial score (nSPS) is 19.1. The molecule has 0 bridgehead atoms. The van der Waals surface area contributed by atoms with Gasteiger partial charge in [-0.15, -0.1) is 0 Å². The molecule has 1 aliphatic carbocycles. The third-order valence-corrected chi connectivity index (χ3v) is 4.84. The molecule has 1 fully saturated rings. The predicted octanol–water partition coefficient (Wildman–Crippen LogP) is 3.02. The monoisotopic (exact) mass is 339 g/mol. The molecule has 0 aromatic heterocycles. The molecule has 2 aliphatic rings. The number of halogens is 1. The average molecular weight is 339 g/mol. The molecule has 4 rings (SSSR count). The lowest BCUT2D eigenvalue weighted by molar-refractivity contribution is -0.115. The Bertz CT molecular complexity index is 836. The first-order valence-electron chi connectivity index (χ1n) is 8.35. The van der Waals surface area contributed by atoms with Gasteiger partial charge in [0.25, 0.3) is 5.91 Å². The lowest BCUT2D eigenvalue weighted by Gasteiger charge is -2.17. The Kier molecular flexibility index (Phi) is 3.87. The molecule has 1 saturated heterocycles. The number of amides is 3. The Hall–Kier alpha value is -2.89. The number of carbonyl (C=O) groups excluding carboxylic acids is 2. The summed E-state index contributed by atoms with van der Waals surface area (Å²) in [6.07, 6.45) is 2.15. The molecule has 2 aromatic rings. The van der Waals surface area contributed by atoms with Crippen LogP contribution in [-0.4, -0.2) is 25.0 Å². The summed E-state index contributed by atoms with van der Waals surface area (Å²) in [7, 11) is 0. The standard InChI is InChI=1S/C19H18FN3O2/c20-16-8-7-14(9-17(16)23-18(24)11-22-19(23)25)21-10-13-6-5-12-3-1-2-4-15(12)13/h1-4,7-9,13,21H,5-6,10-11H2,(H,22,25). The molecule has 5 nitrogen and oxygen atoms in total. The van der Waals surface area contributed by atoms with Crippen molar-refractivity contribution in [3.05, 3.63) is 59.4 Å². The quantitative estimate of drug-likeness (QED) is 0.842. The number of imide groups is 1. The number of hydrogen-bond donors (Lipinski definition) is 2. The van der Waals surface area contributed by atoms with Gasteiger partial charge < -0.3 is 10.6 Å². The Morgan fingerprint density at radius 3 is 2.84 bits per heavy atom. The van der Waals surface area contributed by atoms with Gasteiger partial charge in [-0.1, -0.05) is 24.3 Å². The third-order valence-electron chi connectivity index (χ3n) is 4.84. The van der Waals surface area contributed by atoms with Gasteiger partial charge in [0.2, 0.25) is 0 Å². The molecule has 0 spiro atoms. The fourth-order valence-corrected chi connectivity index (χ4v) is 3.56. The van der Waals surface area contributed by atoms with E-state index >= 15 is 0 Å². The first-order chi connectivity index (χ1) is 12.1. The Morgan fingerprint density at radius 2 is 2.04 bits per heavy atom. The van der Waals surface area contributed by atoms with Gasteiger partial charge >= 0.3 is 6.03 Å². The van der Waals surface area contributed by atoms with Crippen molar-refractivity contribution in [2.45, 2.75) is 18.8 Å². The van der Waals surface area contributed by atoms with Crippen LogP contribution >= 0.6 is 0 Å². The van der Waals surface area contributed by atoms with Crippen LogP contribution < -0.4 is 15.5 Å². The van der Waals surface area contributed by atoms with E-state index in [1.165, 1.54) is 23.3 Å². The number of aryl methyl sites for hydroxylation is 1.